The molecule has 0 radical (unpaired) electrons. The Balaban J connectivity index is 1.62. The summed E-state index contributed by atoms with van der Waals surface area (Å²) in [5.41, 5.74) is 2.26. The smallest absolute Gasteiger partial charge is 0.220 e. The van der Waals surface area contributed by atoms with E-state index in [1.54, 1.807) is 0 Å². The molecule has 2 aromatic rings. The molecule has 4 nitrogen and oxygen atoms in total. The van der Waals surface area contributed by atoms with Crippen LogP contribution in [0.3, 0.4) is 0 Å². The van der Waals surface area contributed by atoms with E-state index in [1.807, 2.05) is 69.3 Å². The van der Waals surface area contributed by atoms with Crippen molar-refractivity contribution in [2.75, 3.05) is 6.61 Å². The van der Waals surface area contributed by atoms with Crippen molar-refractivity contribution in [3.05, 3.63) is 59.7 Å². The van der Waals surface area contributed by atoms with E-state index in [0.717, 1.165) is 17.1 Å². The number of carbonyl (C=O) groups excluding carboxylic acids is 1. The molecule has 0 fully saturated rings. The van der Waals surface area contributed by atoms with Crippen molar-refractivity contribution in [2.45, 2.75) is 46.3 Å². The van der Waals surface area contributed by atoms with Crippen molar-refractivity contribution in [1.29, 1.82) is 0 Å². The maximum atomic E-state index is 11.9. The van der Waals surface area contributed by atoms with Gasteiger partial charge in [-0.05, 0) is 57.0 Å². The third-order valence-electron chi connectivity index (χ3n) is 3.62. The number of amides is 1. The first kappa shape index (κ1) is 18.8. The number of carbonyl (C=O) groups is 1. The van der Waals surface area contributed by atoms with Gasteiger partial charge in [0.05, 0.1) is 12.7 Å². The lowest BCUT2D eigenvalue weighted by Crippen LogP contribution is -2.22. The van der Waals surface area contributed by atoms with Gasteiger partial charge in [0.15, 0.2) is 0 Å². The predicted molar refractivity (Wildman–Crippen MR) is 100.0 cm³/mol. The van der Waals surface area contributed by atoms with E-state index in [2.05, 4.69) is 5.32 Å². The fourth-order valence-corrected chi connectivity index (χ4v) is 2.30. The normalized spacial score (nSPS) is 10.6. The first-order chi connectivity index (χ1) is 12.0. The van der Waals surface area contributed by atoms with Crippen LogP contribution in [0.4, 0.5) is 0 Å². The molecule has 2 rings (SSSR count). The fourth-order valence-electron chi connectivity index (χ4n) is 2.30. The largest absolute Gasteiger partial charge is 0.494 e. The van der Waals surface area contributed by atoms with Gasteiger partial charge >= 0.3 is 0 Å². The van der Waals surface area contributed by atoms with Crippen molar-refractivity contribution < 1.29 is 14.3 Å². The third-order valence-corrected chi connectivity index (χ3v) is 3.62. The zero-order valence-electron chi connectivity index (χ0n) is 15.2. The second kappa shape index (κ2) is 9.72. The van der Waals surface area contributed by atoms with E-state index < -0.39 is 0 Å². The Bertz CT molecular complexity index is 648. The van der Waals surface area contributed by atoms with E-state index in [0.29, 0.717) is 26.0 Å². The SMILES string of the molecule is Cc1ccc(OCCCC(=O)NCc2ccc(OC(C)C)cc2)cc1. The molecule has 0 atom stereocenters. The standard InChI is InChI=1S/C21H27NO3/c1-16(2)25-20-12-8-18(9-13-20)15-22-21(23)5-4-14-24-19-10-6-17(3)7-11-19/h6-13,16H,4-5,14-15H2,1-3H3,(H,22,23). The van der Waals surface area contributed by atoms with Crippen LogP contribution in [0.5, 0.6) is 11.5 Å². The molecule has 1 amide bonds. The monoisotopic (exact) mass is 341 g/mol. The number of aryl methyl sites for hydroxylation is 1. The summed E-state index contributed by atoms with van der Waals surface area (Å²) in [5.74, 6) is 1.73. The van der Waals surface area contributed by atoms with Crippen LogP contribution in [0.1, 0.15) is 37.8 Å². The Morgan fingerprint density at radius 3 is 2.28 bits per heavy atom. The summed E-state index contributed by atoms with van der Waals surface area (Å²) in [7, 11) is 0. The number of hydrogen-bond acceptors (Lipinski definition) is 3. The van der Waals surface area contributed by atoms with Gasteiger partial charge in [-0.3, -0.25) is 4.79 Å². The lowest BCUT2D eigenvalue weighted by Gasteiger charge is -2.10. The van der Waals surface area contributed by atoms with Crippen molar-refractivity contribution in [1.82, 2.24) is 5.32 Å². The van der Waals surface area contributed by atoms with Crippen LogP contribution in [-0.2, 0) is 11.3 Å². The zero-order valence-corrected chi connectivity index (χ0v) is 15.2. The van der Waals surface area contributed by atoms with Crippen molar-refractivity contribution >= 4 is 5.91 Å². The maximum Gasteiger partial charge on any atom is 0.220 e. The number of nitrogens with one attached hydrogen (secondary N) is 1. The lowest BCUT2D eigenvalue weighted by atomic mass is 10.2. The topological polar surface area (TPSA) is 47.6 Å². The number of rotatable bonds is 9. The summed E-state index contributed by atoms with van der Waals surface area (Å²) in [6.07, 6.45) is 1.31. The molecule has 0 heterocycles. The lowest BCUT2D eigenvalue weighted by molar-refractivity contribution is -0.121. The van der Waals surface area contributed by atoms with Crippen LogP contribution in [0, 0.1) is 6.92 Å². The highest BCUT2D eigenvalue weighted by atomic mass is 16.5. The van der Waals surface area contributed by atoms with E-state index in [-0.39, 0.29) is 12.0 Å². The van der Waals surface area contributed by atoms with Gasteiger partial charge < -0.3 is 14.8 Å². The highest BCUT2D eigenvalue weighted by Gasteiger charge is 2.03. The molecule has 0 aliphatic rings. The van der Waals surface area contributed by atoms with E-state index in [1.165, 1.54) is 5.56 Å². The highest BCUT2D eigenvalue weighted by Crippen LogP contribution is 2.14. The Morgan fingerprint density at radius 2 is 1.64 bits per heavy atom. The molecule has 4 heteroatoms. The quantitative estimate of drug-likeness (QED) is 0.693. The number of benzene rings is 2. The Hall–Kier alpha value is -2.49. The first-order valence-corrected chi connectivity index (χ1v) is 8.74. The van der Waals surface area contributed by atoms with Gasteiger partial charge in [-0.15, -0.1) is 0 Å². The minimum absolute atomic E-state index is 0.0370. The summed E-state index contributed by atoms with van der Waals surface area (Å²) < 4.78 is 11.2. The summed E-state index contributed by atoms with van der Waals surface area (Å²) >= 11 is 0. The molecule has 1 N–H and O–H groups in total. The van der Waals surface area contributed by atoms with Crippen LogP contribution in [0.2, 0.25) is 0 Å². The van der Waals surface area contributed by atoms with Crippen LogP contribution in [0.15, 0.2) is 48.5 Å². The summed E-state index contributed by atoms with van der Waals surface area (Å²) in [6.45, 7) is 7.10. The van der Waals surface area contributed by atoms with Crippen molar-refractivity contribution in [2.24, 2.45) is 0 Å². The predicted octanol–water partition coefficient (Wildman–Crippen LogP) is 4.26. The second-order valence-corrected chi connectivity index (χ2v) is 6.35. The minimum atomic E-state index is 0.0370. The molecule has 134 valence electrons. The minimum Gasteiger partial charge on any atom is -0.494 e. The highest BCUT2D eigenvalue weighted by molar-refractivity contribution is 5.75. The Kier molecular flexibility index (Phi) is 7.33. The molecule has 2 aromatic carbocycles. The summed E-state index contributed by atoms with van der Waals surface area (Å²) in [4.78, 5) is 11.9. The molecular formula is C21H27NO3. The van der Waals surface area contributed by atoms with E-state index in [4.69, 9.17) is 9.47 Å². The number of ether oxygens (including phenoxy) is 2. The summed E-state index contributed by atoms with van der Waals surface area (Å²) in [5, 5.41) is 2.93. The fraction of sp³-hybridized carbons (Fsp3) is 0.381. The molecule has 0 aromatic heterocycles. The van der Waals surface area contributed by atoms with Crippen LogP contribution in [-0.4, -0.2) is 18.6 Å². The molecule has 0 saturated heterocycles. The summed E-state index contributed by atoms with van der Waals surface area (Å²) in [6, 6.07) is 15.7. The Labute approximate surface area is 150 Å². The van der Waals surface area contributed by atoms with Crippen LogP contribution >= 0.6 is 0 Å². The van der Waals surface area contributed by atoms with Gasteiger partial charge in [0.2, 0.25) is 5.91 Å². The zero-order chi connectivity index (χ0) is 18.1. The second-order valence-electron chi connectivity index (χ2n) is 6.35. The van der Waals surface area contributed by atoms with Gasteiger partial charge in [0.1, 0.15) is 11.5 Å². The average molecular weight is 341 g/mol. The molecule has 0 aliphatic carbocycles. The molecule has 0 aliphatic heterocycles. The van der Waals surface area contributed by atoms with Crippen LogP contribution in [0.25, 0.3) is 0 Å². The first-order valence-electron chi connectivity index (χ1n) is 8.74. The van der Waals surface area contributed by atoms with Gasteiger partial charge in [-0.2, -0.15) is 0 Å². The Morgan fingerprint density at radius 1 is 1.00 bits per heavy atom. The number of hydrogen-bond donors (Lipinski definition) is 1. The molecule has 25 heavy (non-hydrogen) atoms. The van der Waals surface area contributed by atoms with Gasteiger partial charge in [-0.25, -0.2) is 0 Å². The molecule has 0 bridgehead atoms. The average Bonchev–Trinajstić information content (AvgIpc) is 2.59. The van der Waals surface area contributed by atoms with Crippen molar-refractivity contribution in [3.8, 4) is 11.5 Å². The van der Waals surface area contributed by atoms with Gasteiger partial charge in [0, 0.05) is 13.0 Å². The molecule has 0 unspecified atom stereocenters. The van der Waals surface area contributed by atoms with E-state index in [9.17, 15) is 4.79 Å². The molecule has 0 spiro atoms. The van der Waals surface area contributed by atoms with Crippen LogP contribution < -0.4 is 14.8 Å². The maximum absolute atomic E-state index is 11.9. The van der Waals surface area contributed by atoms with Gasteiger partial charge in [-0.1, -0.05) is 29.8 Å². The third kappa shape index (κ3) is 7.29. The van der Waals surface area contributed by atoms with Gasteiger partial charge in [0.25, 0.3) is 0 Å². The van der Waals surface area contributed by atoms with E-state index >= 15 is 0 Å². The molecular weight excluding hydrogens is 314 g/mol. The molecule has 0 saturated carbocycles. The van der Waals surface area contributed by atoms with Crippen molar-refractivity contribution in [3.63, 3.8) is 0 Å².